The van der Waals surface area contributed by atoms with Crippen molar-refractivity contribution in [3.8, 4) is 5.75 Å². The fourth-order valence-electron chi connectivity index (χ4n) is 2.41. The van der Waals surface area contributed by atoms with E-state index in [0.29, 0.717) is 24.7 Å². The number of carbonyl (C=O) groups is 1. The van der Waals surface area contributed by atoms with Crippen LogP contribution in [0.1, 0.15) is 39.5 Å². The molecule has 0 aromatic heterocycles. The average molecular weight is 321 g/mol. The summed E-state index contributed by atoms with van der Waals surface area (Å²) >= 11 is 0. The lowest BCUT2D eigenvalue weighted by molar-refractivity contribution is -0.130. The van der Waals surface area contributed by atoms with Crippen LogP contribution in [0.3, 0.4) is 0 Å². The molecule has 2 rings (SSSR count). The SMILES string of the molecule is CCCOc1ccccc1NC(=O)C(C)OCC1CCCCO1. The number of amides is 1. The van der Waals surface area contributed by atoms with Crippen molar-refractivity contribution in [3.63, 3.8) is 0 Å². The number of rotatable bonds is 8. The smallest absolute Gasteiger partial charge is 0.253 e. The zero-order chi connectivity index (χ0) is 16.5. The predicted molar refractivity (Wildman–Crippen MR) is 89.9 cm³/mol. The van der Waals surface area contributed by atoms with E-state index in [2.05, 4.69) is 5.32 Å². The van der Waals surface area contributed by atoms with Gasteiger partial charge in [-0.3, -0.25) is 4.79 Å². The molecule has 0 bridgehead atoms. The molecule has 1 amide bonds. The van der Waals surface area contributed by atoms with E-state index in [4.69, 9.17) is 14.2 Å². The van der Waals surface area contributed by atoms with Gasteiger partial charge in [0.25, 0.3) is 5.91 Å². The molecule has 0 spiro atoms. The van der Waals surface area contributed by atoms with Crippen molar-refractivity contribution in [3.05, 3.63) is 24.3 Å². The normalized spacial score (nSPS) is 19.1. The first-order valence-electron chi connectivity index (χ1n) is 8.46. The molecule has 1 aliphatic heterocycles. The lowest BCUT2D eigenvalue weighted by Gasteiger charge is -2.24. The van der Waals surface area contributed by atoms with E-state index in [1.54, 1.807) is 6.92 Å². The van der Waals surface area contributed by atoms with E-state index in [9.17, 15) is 4.79 Å². The quantitative estimate of drug-likeness (QED) is 0.797. The number of anilines is 1. The standard InChI is InChI=1S/C18H27NO4/c1-3-11-22-17-10-5-4-9-16(17)19-18(20)14(2)23-13-15-8-6-7-12-21-15/h4-5,9-10,14-15H,3,6-8,11-13H2,1-2H3,(H,19,20). The van der Waals surface area contributed by atoms with Crippen LogP contribution in [0.2, 0.25) is 0 Å². The topological polar surface area (TPSA) is 56.8 Å². The number of ether oxygens (including phenoxy) is 3. The molecule has 5 nitrogen and oxygen atoms in total. The molecule has 1 aromatic carbocycles. The highest BCUT2D eigenvalue weighted by Crippen LogP contribution is 2.24. The molecule has 1 saturated heterocycles. The molecule has 0 aliphatic carbocycles. The lowest BCUT2D eigenvalue weighted by atomic mass is 10.1. The third-order valence-electron chi connectivity index (χ3n) is 3.78. The maximum atomic E-state index is 12.3. The second-order valence-electron chi connectivity index (χ2n) is 5.80. The summed E-state index contributed by atoms with van der Waals surface area (Å²) in [7, 11) is 0. The zero-order valence-corrected chi connectivity index (χ0v) is 14.0. The molecule has 1 heterocycles. The van der Waals surface area contributed by atoms with Gasteiger partial charge in [0.1, 0.15) is 11.9 Å². The van der Waals surface area contributed by atoms with Gasteiger partial charge < -0.3 is 19.5 Å². The van der Waals surface area contributed by atoms with Gasteiger partial charge in [-0.05, 0) is 44.7 Å². The number of benzene rings is 1. The van der Waals surface area contributed by atoms with Crippen molar-refractivity contribution in [2.75, 3.05) is 25.1 Å². The lowest BCUT2D eigenvalue weighted by Crippen LogP contribution is -2.32. The molecule has 1 aliphatic rings. The molecule has 0 saturated carbocycles. The highest BCUT2D eigenvalue weighted by molar-refractivity contribution is 5.95. The molecule has 23 heavy (non-hydrogen) atoms. The highest BCUT2D eigenvalue weighted by Gasteiger charge is 2.19. The Kier molecular flexibility index (Phi) is 7.36. The summed E-state index contributed by atoms with van der Waals surface area (Å²) in [6.07, 6.45) is 3.78. The highest BCUT2D eigenvalue weighted by atomic mass is 16.5. The summed E-state index contributed by atoms with van der Waals surface area (Å²) in [6, 6.07) is 7.45. The van der Waals surface area contributed by atoms with Crippen LogP contribution in [0, 0.1) is 0 Å². The molecule has 1 aromatic rings. The van der Waals surface area contributed by atoms with Crippen LogP contribution in [-0.4, -0.2) is 37.9 Å². The Morgan fingerprint density at radius 1 is 1.39 bits per heavy atom. The molecule has 5 heteroatoms. The fourth-order valence-corrected chi connectivity index (χ4v) is 2.41. The maximum Gasteiger partial charge on any atom is 0.253 e. The van der Waals surface area contributed by atoms with Crippen molar-refractivity contribution in [2.24, 2.45) is 0 Å². The van der Waals surface area contributed by atoms with Crippen LogP contribution in [0.5, 0.6) is 5.75 Å². The summed E-state index contributed by atoms with van der Waals surface area (Å²) in [5, 5.41) is 2.88. The maximum absolute atomic E-state index is 12.3. The van der Waals surface area contributed by atoms with Gasteiger partial charge in [-0.1, -0.05) is 19.1 Å². The van der Waals surface area contributed by atoms with Crippen molar-refractivity contribution < 1.29 is 19.0 Å². The van der Waals surface area contributed by atoms with Crippen LogP contribution < -0.4 is 10.1 Å². The van der Waals surface area contributed by atoms with Crippen LogP contribution in [-0.2, 0) is 14.3 Å². The van der Waals surface area contributed by atoms with E-state index in [0.717, 1.165) is 32.3 Å². The van der Waals surface area contributed by atoms with Crippen molar-refractivity contribution >= 4 is 11.6 Å². The summed E-state index contributed by atoms with van der Waals surface area (Å²) in [4.78, 5) is 12.3. The van der Waals surface area contributed by atoms with Crippen LogP contribution in [0.4, 0.5) is 5.69 Å². The van der Waals surface area contributed by atoms with E-state index < -0.39 is 6.10 Å². The molecular weight excluding hydrogens is 294 g/mol. The Hall–Kier alpha value is -1.59. The number of nitrogens with one attached hydrogen (secondary N) is 1. The Morgan fingerprint density at radius 3 is 2.96 bits per heavy atom. The number of hydrogen-bond donors (Lipinski definition) is 1. The first-order chi connectivity index (χ1) is 11.2. The van der Waals surface area contributed by atoms with Crippen LogP contribution in [0.15, 0.2) is 24.3 Å². The minimum atomic E-state index is -0.528. The summed E-state index contributed by atoms with van der Waals surface area (Å²) in [5.74, 6) is 0.513. The molecule has 2 unspecified atom stereocenters. The fraction of sp³-hybridized carbons (Fsp3) is 0.611. The van der Waals surface area contributed by atoms with Gasteiger partial charge in [-0.25, -0.2) is 0 Å². The minimum absolute atomic E-state index is 0.110. The van der Waals surface area contributed by atoms with Gasteiger partial charge in [0.15, 0.2) is 0 Å². The van der Waals surface area contributed by atoms with Crippen molar-refractivity contribution in [1.29, 1.82) is 0 Å². The van der Waals surface area contributed by atoms with Gasteiger partial charge >= 0.3 is 0 Å². The Morgan fingerprint density at radius 2 is 2.22 bits per heavy atom. The monoisotopic (exact) mass is 321 g/mol. The first kappa shape index (κ1) is 17.8. The largest absolute Gasteiger partial charge is 0.491 e. The summed E-state index contributed by atoms with van der Waals surface area (Å²) in [5.41, 5.74) is 0.676. The molecule has 2 atom stereocenters. The van der Waals surface area contributed by atoms with Gasteiger partial charge in [0.05, 0.1) is 25.0 Å². The minimum Gasteiger partial charge on any atom is -0.491 e. The number of carbonyl (C=O) groups excluding carboxylic acids is 1. The number of para-hydroxylation sites is 2. The van der Waals surface area contributed by atoms with E-state index >= 15 is 0 Å². The van der Waals surface area contributed by atoms with Crippen molar-refractivity contribution in [2.45, 2.75) is 51.7 Å². The number of hydrogen-bond acceptors (Lipinski definition) is 4. The van der Waals surface area contributed by atoms with Crippen LogP contribution >= 0.6 is 0 Å². The molecule has 1 fully saturated rings. The predicted octanol–water partition coefficient (Wildman–Crippen LogP) is 3.39. The third kappa shape index (κ3) is 5.84. The van der Waals surface area contributed by atoms with Gasteiger partial charge in [-0.15, -0.1) is 0 Å². The molecule has 128 valence electrons. The molecule has 0 radical (unpaired) electrons. The molecule has 1 N–H and O–H groups in total. The second-order valence-corrected chi connectivity index (χ2v) is 5.80. The Labute approximate surface area is 138 Å². The Bertz CT molecular complexity index is 486. The van der Waals surface area contributed by atoms with Gasteiger partial charge in [0.2, 0.25) is 0 Å². The summed E-state index contributed by atoms with van der Waals surface area (Å²) < 4.78 is 16.9. The van der Waals surface area contributed by atoms with E-state index in [-0.39, 0.29) is 12.0 Å². The van der Waals surface area contributed by atoms with Crippen molar-refractivity contribution in [1.82, 2.24) is 0 Å². The summed E-state index contributed by atoms with van der Waals surface area (Å²) in [6.45, 7) is 5.68. The Balaban J connectivity index is 1.83. The van der Waals surface area contributed by atoms with Gasteiger partial charge in [-0.2, -0.15) is 0 Å². The third-order valence-corrected chi connectivity index (χ3v) is 3.78. The first-order valence-corrected chi connectivity index (χ1v) is 8.46. The second kappa shape index (κ2) is 9.53. The van der Waals surface area contributed by atoms with E-state index in [1.165, 1.54) is 0 Å². The van der Waals surface area contributed by atoms with Gasteiger partial charge in [0, 0.05) is 6.61 Å². The van der Waals surface area contributed by atoms with E-state index in [1.807, 2.05) is 31.2 Å². The molecular formula is C18H27NO4. The van der Waals surface area contributed by atoms with Crippen LogP contribution in [0.25, 0.3) is 0 Å². The average Bonchev–Trinajstić information content (AvgIpc) is 2.59. The zero-order valence-electron chi connectivity index (χ0n) is 14.0.